The van der Waals surface area contributed by atoms with Gasteiger partial charge in [0.1, 0.15) is 0 Å². The van der Waals surface area contributed by atoms with Crippen LogP contribution < -0.4 is 5.73 Å². The molecule has 0 radical (unpaired) electrons. The van der Waals surface area contributed by atoms with Gasteiger partial charge < -0.3 is 10.8 Å². The van der Waals surface area contributed by atoms with Gasteiger partial charge in [-0.15, -0.1) is 0 Å². The topological polar surface area (TPSA) is 118 Å². The number of primary amides is 1. The second kappa shape index (κ2) is 6.31. The summed E-state index contributed by atoms with van der Waals surface area (Å²) in [5.41, 5.74) is 5.38. The quantitative estimate of drug-likeness (QED) is 0.710. The van der Waals surface area contributed by atoms with E-state index < -0.39 is 28.4 Å². The van der Waals surface area contributed by atoms with Gasteiger partial charge in [0.25, 0.3) is 0 Å². The van der Waals surface area contributed by atoms with Crippen LogP contribution in [-0.2, 0) is 19.6 Å². The maximum Gasteiger partial charge on any atom is 0.328 e. The van der Waals surface area contributed by atoms with Crippen LogP contribution in [0.2, 0.25) is 0 Å². The molecule has 0 aliphatic heterocycles. The van der Waals surface area contributed by atoms with E-state index in [-0.39, 0.29) is 4.90 Å². The summed E-state index contributed by atoms with van der Waals surface area (Å²) in [6, 6.07) is 5.70. The molecule has 1 rings (SSSR count). The molecule has 0 atom stereocenters. The predicted molar refractivity (Wildman–Crippen MR) is 72.1 cm³/mol. The van der Waals surface area contributed by atoms with Crippen molar-refractivity contribution in [1.29, 1.82) is 0 Å². The van der Waals surface area contributed by atoms with E-state index in [1.54, 1.807) is 6.07 Å². The maximum absolute atomic E-state index is 12.1. The molecule has 1 aromatic carbocycles. The third-order valence-electron chi connectivity index (χ3n) is 2.36. The number of amides is 1. The molecular weight excluding hydrogens is 284 g/mol. The van der Waals surface area contributed by atoms with E-state index >= 15 is 0 Å². The Hall–Kier alpha value is -2.19. The number of carbonyl (C=O) groups is 2. The SMILES string of the molecule is CN(CC(N)=O)S(=O)(=O)c1cccc(C=CC(=O)O)c1. The zero-order valence-electron chi connectivity index (χ0n) is 10.7. The predicted octanol–water partition coefficient (Wildman–Crippen LogP) is -0.110. The lowest BCUT2D eigenvalue weighted by Crippen LogP contribution is -2.35. The highest BCUT2D eigenvalue weighted by molar-refractivity contribution is 7.89. The van der Waals surface area contributed by atoms with Gasteiger partial charge in [0.15, 0.2) is 0 Å². The normalized spacial score (nSPS) is 11.9. The molecule has 1 amide bonds. The summed E-state index contributed by atoms with van der Waals surface area (Å²) >= 11 is 0. The fourth-order valence-electron chi connectivity index (χ4n) is 1.43. The van der Waals surface area contributed by atoms with Crippen LogP contribution in [0.15, 0.2) is 35.2 Å². The number of likely N-dealkylation sites (N-methyl/N-ethyl adjacent to an activating group) is 1. The first-order valence-electron chi connectivity index (χ1n) is 5.49. The average Bonchev–Trinajstić information content (AvgIpc) is 2.35. The van der Waals surface area contributed by atoms with Gasteiger partial charge in [0.05, 0.1) is 11.4 Å². The minimum Gasteiger partial charge on any atom is -0.478 e. The molecule has 0 fully saturated rings. The molecule has 20 heavy (non-hydrogen) atoms. The number of carbonyl (C=O) groups excluding carboxylic acids is 1. The number of hydrogen-bond donors (Lipinski definition) is 2. The molecule has 0 heterocycles. The van der Waals surface area contributed by atoms with Gasteiger partial charge in [0, 0.05) is 13.1 Å². The van der Waals surface area contributed by atoms with Crippen molar-refractivity contribution in [2.45, 2.75) is 4.90 Å². The second-order valence-electron chi connectivity index (χ2n) is 3.97. The molecule has 0 saturated carbocycles. The molecule has 1 aromatic rings. The van der Waals surface area contributed by atoms with E-state index in [1.807, 2.05) is 0 Å². The van der Waals surface area contributed by atoms with Crippen LogP contribution in [0.5, 0.6) is 0 Å². The Kier molecular flexibility index (Phi) is 5.00. The van der Waals surface area contributed by atoms with Gasteiger partial charge in [-0.05, 0) is 23.8 Å². The molecule has 0 aliphatic carbocycles. The van der Waals surface area contributed by atoms with Crippen LogP contribution in [0.1, 0.15) is 5.56 Å². The molecule has 0 bridgehead atoms. The molecule has 0 saturated heterocycles. The molecular formula is C12H14N2O5S. The fraction of sp³-hybridized carbons (Fsp3) is 0.167. The number of aliphatic carboxylic acids is 1. The fourth-order valence-corrected chi connectivity index (χ4v) is 2.62. The van der Waals surface area contributed by atoms with Crippen LogP contribution in [0.4, 0.5) is 0 Å². The van der Waals surface area contributed by atoms with E-state index in [0.717, 1.165) is 10.4 Å². The summed E-state index contributed by atoms with van der Waals surface area (Å²) < 4.78 is 25.1. The average molecular weight is 298 g/mol. The molecule has 108 valence electrons. The van der Waals surface area contributed by atoms with Crippen molar-refractivity contribution < 1.29 is 23.1 Å². The Morgan fingerprint density at radius 3 is 2.60 bits per heavy atom. The maximum atomic E-state index is 12.1. The molecule has 7 nitrogen and oxygen atoms in total. The Labute approximate surface area is 116 Å². The zero-order chi connectivity index (χ0) is 15.3. The van der Waals surface area contributed by atoms with Crippen molar-refractivity contribution in [2.75, 3.05) is 13.6 Å². The summed E-state index contributed by atoms with van der Waals surface area (Å²) in [6.45, 7) is -0.433. The molecule has 3 N–H and O–H groups in total. The summed E-state index contributed by atoms with van der Waals surface area (Å²) in [4.78, 5) is 21.1. The zero-order valence-corrected chi connectivity index (χ0v) is 11.5. The lowest BCUT2D eigenvalue weighted by molar-refractivity contribution is -0.131. The Bertz CT molecular complexity index is 652. The summed E-state index contributed by atoms with van der Waals surface area (Å²) in [6.07, 6.45) is 2.17. The van der Waals surface area contributed by atoms with Crippen molar-refractivity contribution in [3.8, 4) is 0 Å². The first-order chi connectivity index (χ1) is 9.23. The summed E-state index contributed by atoms with van der Waals surface area (Å²) in [5, 5.41) is 8.53. The van der Waals surface area contributed by atoms with Gasteiger partial charge >= 0.3 is 5.97 Å². The molecule has 8 heteroatoms. The third kappa shape index (κ3) is 4.18. The molecule has 0 unspecified atom stereocenters. The van der Waals surface area contributed by atoms with Gasteiger partial charge in [-0.3, -0.25) is 4.79 Å². The number of sulfonamides is 1. The highest BCUT2D eigenvalue weighted by Crippen LogP contribution is 2.16. The molecule has 0 aliphatic rings. The van der Waals surface area contributed by atoms with E-state index in [4.69, 9.17) is 10.8 Å². The van der Waals surface area contributed by atoms with E-state index in [2.05, 4.69) is 0 Å². The number of benzene rings is 1. The summed E-state index contributed by atoms with van der Waals surface area (Å²) in [5.74, 6) is -1.90. The largest absolute Gasteiger partial charge is 0.478 e. The first-order valence-corrected chi connectivity index (χ1v) is 6.93. The van der Waals surface area contributed by atoms with Gasteiger partial charge in [-0.2, -0.15) is 4.31 Å². The minimum absolute atomic E-state index is 0.0474. The Morgan fingerprint density at radius 2 is 2.05 bits per heavy atom. The first kappa shape index (κ1) is 15.9. The van der Waals surface area contributed by atoms with Crippen molar-refractivity contribution >= 4 is 28.0 Å². The number of nitrogens with two attached hydrogens (primary N) is 1. The van der Waals surface area contributed by atoms with Gasteiger partial charge in [-0.1, -0.05) is 12.1 Å². The highest BCUT2D eigenvalue weighted by Gasteiger charge is 2.22. The van der Waals surface area contributed by atoms with Crippen LogP contribution in [0.3, 0.4) is 0 Å². The number of nitrogens with zero attached hydrogens (tertiary/aromatic N) is 1. The van der Waals surface area contributed by atoms with Crippen molar-refractivity contribution in [3.63, 3.8) is 0 Å². The molecule has 0 spiro atoms. The van der Waals surface area contributed by atoms with Crippen LogP contribution >= 0.6 is 0 Å². The summed E-state index contributed by atoms with van der Waals surface area (Å²) in [7, 11) is -2.61. The van der Waals surface area contributed by atoms with Gasteiger partial charge in [-0.25, -0.2) is 13.2 Å². The lowest BCUT2D eigenvalue weighted by Gasteiger charge is -2.15. The van der Waals surface area contributed by atoms with Crippen molar-refractivity contribution in [1.82, 2.24) is 4.31 Å². The standard InChI is InChI=1S/C12H14N2O5S/c1-14(8-11(13)15)20(18,19)10-4-2-3-9(7-10)5-6-12(16)17/h2-7H,8H2,1H3,(H2,13,15)(H,16,17). The Balaban J connectivity index is 3.10. The van der Waals surface area contributed by atoms with Crippen LogP contribution in [0, 0.1) is 0 Å². The lowest BCUT2D eigenvalue weighted by atomic mass is 10.2. The second-order valence-corrected chi connectivity index (χ2v) is 6.02. The minimum atomic E-state index is -3.84. The van der Waals surface area contributed by atoms with Crippen LogP contribution in [0.25, 0.3) is 6.08 Å². The van der Waals surface area contributed by atoms with E-state index in [9.17, 15) is 18.0 Å². The van der Waals surface area contributed by atoms with Crippen LogP contribution in [-0.4, -0.2) is 43.3 Å². The Morgan fingerprint density at radius 1 is 1.40 bits per heavy atom. The van der Waals surface area contributed by atoms with Crippen molar-refractivity contribution in [3.05, 3.63) is 35.9 Å². The highest BCUT2D eigenvalue weighted by atomic mass is 32.2. The van der Waals surface area contributed by atoms with E-state index in [1.165, 1.54) is 31.3 Å². The smallest absolute Gasteiger partial charge is 0.328 e. The van der Waals surface area contributed by atoms with Gasteiger partial charge in [0.2, 0.25) is 15.9 Å². The number of rotatable bonds is 6. The number of carboxylic acids is 1. The monoisotopic (exact) mass is 298 g/mol. The van der Waals surface area contributed by atoms with Crippen molar-refractivity contribution in [2.24, 2.45) is 5.73 Å². The molecule has 0 aromatic heterocycles. The number of hydrogen-bond acceptors (Lipinski definition) is 4. The third-order valence-corrected chi connectivity index (χ3v) is 4.16. The number of carboxylic acid groups (broad SMARTS) is 1. The van der Waals surface area contributed by atoms with E-state index in [0.29, 0.717) is 5.56 Å².